The number of ether oxygens (including phenoxy) is 1. The third-order valence-electron chi connectivity index (χ3n) is 4.29. The zero-order chi connectivity index (χ0) is 19.4. The van der Waals surface area contributed by atoms with Crippen LogP contribution in [0, 0.1) is 0 Å². The highest BCUT2D eigenvalue weighted by Gasteiger charge is 2.17. The molecule has 3 aromatic rings. The van der Waals surface area contributed by atoms with Crippen LogP contribution in [-0.4, -0.2) is 33.7 Å². The molecule has 5 nitrogen and oxygen atoms in total. The third-order valence-corrected chi connectivity index (χ3v) is 5.42. The smallest absolute Gasteiger partial charge is 0.264 e. The summed E-state index contributed by atoms with van der Waals surface area (Å²) in [4.78, 5) is 14.6. The number of carbonyl (C=O) groups excluding carboxylic acids is 1. The molecule has 0 N–H and O–H groups in total. The summed E-state index contributed by atoms with van der Waals surface area (Å²) < 4.78 is 28.6. The average Bonchev–Trinajstić information content (AvgIpc) is 2.67. The van der Waals surface area contributed by atoms with Gasteiger partial charge in [-0.25, -0.2) is 8.42 Å². The van der Waals surface area contributed by atoms with E-state index in [-0.39, 0.29) is 17.4 Å². The van der Waals surface area contributed by atoms with E-state index in [0.717, 1.165) is 22.7 Å². The summed E-state index contributed by atoms with van der Waals surface area (Å²) in [5.74, 6) is 0.283. The van der Waals surface area contributed by atoms with Crippen molar-refractivity contribution in [1.82, 2.24) is 0 Å². The number of likely N-dealkylation sites (N-methyl/N-ethyl adjacent to an activating group) is 1. The molecule has 0 fully saturated rings. The monoisotopic (exact) mass is 383 g/mol. The van der Waals surface area contributed by atoms with Gasteiger partial charge in [0.15, 0.2) is 16.4 Å². The topological polar surface area (TPSA) is 63.7 Å². The van der Waals surface area contributed by atoms with Crippen LogP contribution in [0.5, 0.6) is 5.75 Å². The third kappa shape index (κ3) is 4.28. The minimum atomic E-state index is -3.26. The quantitative estimate of drug-likeness (QED) is 0.651. The van der Waals surface area contributed by atoms with Gasteiger partial charge < -0.3 is 9.64 Å². The van der Waals surface area contributed by atoms with E-state index in [1.807, 2.05) is 49.4 Å². The van der Waals surface area contributed by atoms with Gasteiger partial charge in [-0.05, 0) is 42.6 Å². The van der Waals surface area contributed by atoms with Crippen LogP contribution < -0.4 is 9.64 Å². The molecule has 0 atom stereocenters. The molecule has 0 spiro atoms. The molecule has 0 radical (unpaired) electrons. The standard InChI is InChI=1S/C21H21NO4S/c1-3-22(20-10-6-8-16-7-4-5-9-19(16)20)21(23)15-26-17-11-13-18(14-12-17)27(2,24)25/h4-14H,3,15H2,1-2H3. The first-order valence-corrected chi connectivity index (χ1v) is 10.5. The Labute approximate surface area is 159 Å². The lowest BCUT2D eigenvalue weighted by Crippen LogP contribution is -2.34. The Bertz CT molecular complexity index is 1050. The van der Waals surface area contributed by atoms with Crippen LogP contribution in [0.3, 0.4) is 0 Å². The summed E-state index contributed by atoms with van der Waals surface area (Å²) in [6, 6.07) is 19.8. The summed E-state index contributed by atoms with van der Waals surface area (Å²) in [6.07, 6.45) is 1.15. The van der Waals surface area contributed by atoms with Crippen molar-refractivity contribution < 1.29 is 17.9 Å². The fourth-order valence-electron chi connectivity index (χ4n) is 2.93. The first-order valence-electron chi connectivity index (χ1n) is 8.61. The van der Waals surface area contributed by atoms with Crippen LogP contribution in [0.2, 0.25) is 0 Å². The molecule has 0 aromatic heterocycles. The summed E-state index contributed by atoms with van der Waals surface area (Å²) in [5.41, 5.74) is 0.844. The fraction of sp³-hybridized carbons (Fsp3) is 0.190. The van der Waals surface area contributed by atoms with Gasteiger partial charge in [0.1, 0.15) is 5.75 Å². The minimum absolute atomic E-state index is 0.130. The van der Waals surface area contributed by atoms with E-state index >= 15 is 0 Å². The molecule has 3 aromatic carbocycles. The van der Waals surface area contributed by atoms with Gasteiger partial charge in [-0.15, -0.1) is 0 Å². The van der Waals surface area contributed by atoms with Crippen LogP contribution in [0.4, 0.5) is 5.69 Å². The predicted octanol–water partition coefficient (Wildman–Crippen LogP) is 3.68. The van der Waals surface area contributed by atoms with Gasteiger partial charge in [0.25, 0.3) is 5.91 Å². The second kappa shape index (κ2) is 7.80. The highest BCUT2D eigenvalue weighted by molar-refractivity contribution is 7.90. The molecule has 140 valence electrons. The van der Waals surface area contributed by atoms with Crippen molar-refractivity contribution in [3.63, 3.8) is 0 Å². The van der Waals surface area contributed by atoms with Crippen molar-refractivity contribution in [3.05, 3.63) is 66.7 Å². The first kappa shape index (κ1) is 18.9. The highest BCUT2D eigenvalue weighted by Crippen LogP contribution is 2.27. The number of sulfone groups is 1. The maximum atomic E-state index is 12.7. The molecule has 0 saturated heterocycles. The van der Waals surface area contributed by atoms with Crippen molar-refractivity contribution in [1.29, 1.82) is 0 Å². The molecule has 0 saturated carbocycles. The Morgan fingerprint density at radius 2 is 1.63 bits per heavy atom. The molecule has 27 heavy (non-hydrogen) atoms. The zero-order valence-corrected chi connectivity index (χ0v) is 16.1. The molecule has 6 heteroatoms. The molecule has 0 aliphatic heterocycles. The van der Waals surface area contributed by atoms with Crippen LogP contribution >= 0.6 is 0 Å². The SMILES string of the molecule is CCN(C(=O)COc1ccc(S(C)(=O)=O)cc1)c1cccc2ccccc12. The lowest BCUT2D eigenvalue weighted by atomic mass is 10.1. The van der Waals surface area contributed by atoms with Gasteiger partial charge in [0, 0.05) is 18.2 Å². The fourth-order valence-corrected chi connectivity index (χ4v) is 3.56. The normalized spacial score (nSPS) is 11.3. The van der Waals surface area contributed by atoms with Gasteiger partial charge in [0.2, 0.25) is 0 Å². The van der Waals surface area contributed by atoms with Crippen molar-refractivity contribution in [3.8, 4) is 5.75 Å². The van der Waals surface area contributed by atoms with Crippen molar-refractivity contribution in [2.75, 3.05) is 24.3 Å². The first-order chi connectivity index (χ1) is 12.9. The Morgan fingerprint density at radius 1 is 0.963 bits per heavy atom. The summed E-state index contributed by atoms with van der Waals surface area (Å²) >= 11 is 0. The van der Waals surface area contributed by atoms with Gasteiger partial charge in [-0.1, -0.05) is 36.4 Å². The minimum Gasteiger partial charge on any atom is -0.484 e. The maximum absolute atomic E-state index is 12.7. The second-order valence-corrected chi connectivity index (χ2v) is 8.18. The molecule has 0 aliphatic carbocycles. The lowest BCUT2D eigenvalue weighted by molar-refractivity contribution is -0.120. The summed E-state index contributed by atoms with van der Waals surface area (Å²) in [6.45, 7) is 2.30. The van der Waals surface area contributed by atoms with E-state index in [1.54, 1.807) is 17.0 Å². The Morgan fingerprint density at radius 3 is 2.30 bits per heavy atom. The number of nitrogens with zero attached hydrogens (tertiary/aromatic N) is 1. The molecule has 0 bridgehead atoms. The number of anilines is 1. The number of hydrogen-bond donors (Lipinski definition) is 0. The van der Waals surface area contributed by atoms with Gasteiger partial charge >= 0.3 is 0 Å². The Kier molecular flexibility index (Phi) is 5.46. The number of hydrogen-bond acceptors (Lipinski definition) is 4. The van der Waals surface area contributed by atoms with Gasteiger partial charge in [-0.2, -0.15) is 0 Å². The van der Waals surface area contributed by atoms with Crippen molar-refractivity contribution in [2.45, 2.75) is 11.8 Å². The molecular weight excluding hydrogens is 362 g/mol. The van der Waals surface area contributed by atoms with E-state index in [2.05, 4.69) is 0 Å². The van der Waals surface area contributed by atoms with Crippen molar-refractivity contribution >= 4 is 32.2 Å². The van der Waals surface area contributed by atoms with Crippen LogP contribution in [0.1, 0.15) is 6.92 Å². The zero-order valence-electron chi connectivity index (χ0n) is 15.3. The molecular formula is C21H21NO4S. The van der Waals surface area contributed by atoms with E-state index in [1.165, 1.54) is 12.1 Å². The number of fused-ring (bicyclic) bond motifs is 1. The number of benzene rings is 3. The predicted molar refractivity (Wildman–Crippen MR) is 107 cm³/mol. The molecule has 3 rings (SSSR count). The molecule has 0 unspecified atom stereocenters. The summed E-state index contributed by atoms with van der Waals surface area (Å²) in [7, 11) is -3.26. The van der Waals surface area contributed by atoms with Gasteiger partial charge in [-0.3, -0.25) is 4.79 Å². The molecule has 1 amide bonds. The van der Waals surface area contributed by atoms with E-state index in [9.17, 15) is 13.2 Å². The lowest BCUT2D eigenvalue weighted by Gasteiger charge is -2.23. The number of carbonyl (C=O) groups is 1. The Hall–Kier alpha value is -2.86. The van der Waals surface area contributed by atoms with Crippen LogP contribution in [0.25, 0.3) is 10.8 Å². The summed E-state index contributed by atoms with van der Waals surface area (Å²) in [5, 5.41) is 2.08. The molecule has 0 aliphatic rings. The van der Waals surface area contributed by atoms with Crippen molar-refractivity contribution in [2.24, 2.45) is 0 Å². The Balaban J connectivity index is 1.76. The van der Waals surface area contributed by atoms with E-state index in [0.29, 0.717) is 12.3 Å². The van der Waals surface area contributed by atoms with E-state index < -0.39 is 9.84 Å². The van der Waals surface area contributed by atoms with Crippen LogP contribution in [-0.2, 0) is 14.6 Å². The largest absolute Gasteiger partial charge is 0.484 e. The number of amides is 1. The average molecular weight is 383 g/mol. The number of rotatable bonds is 6. The van der Waals surface area contributed by atoms with Crippen LogP contribution in [0.15, 0.2) is 71.6 Å². The molecule has 0 heterocycles. The van der Waals surface area contributed by atoms with Gasteiger partial charge in [0.05, 0.1) is 10.6 Å². The highest BCUT2D eigenvalue weighted by atomic mass is 32.2. The second-order valence-electron chi connectivity index (χ2n) is 6.17. The van der Waals surface area contributed by atoms with E-state index in [4.69, 9.17) is 4.74 Å². The maximum Gasteiger partial charge on any atom is 0.264 e.